The highest BCUT2D eigenvalue weighted by molar-refractivity contribution is 5.36. The number of hydrogen-bond acceptors (Lipinski definition) is 3. The Morgan fingerprint density at radius 3 is 2.81 bits per heavy atom. The Kier molecular flexibility index (Phi) is 4.91. The van der Waals surface area contributed by atoms with E-state index >= 15 is 0 Å². The number of benzene rings is 2. The third kappa shape index (κ3) is 3.80. The van der Waals surface area contributed by atoms with Gasteiger partial charge in [0, 0.05) is 18.2 Å². The van der Waals surface area contributed by atoms with E-state index in [2.05, 4.69) is 11.4 Å². The number of nitriles is 1. The fourth-order valence-corrected chi connectivity index (χ4v) is 2.18. The second kappa shape index (κ2) is 6.87. The number of halogens is 1. The molecule has 0 aromatic heterocycles. The van der Waals surface area contributed by atoms with Gasteiger partial charge in [-0.25, -0.2) is 4.39 Å². The standard InChI is InChI=1S/C17H17FN2O/c1-12(16-9-15(18)6-7-17(16)21-2)20-11-14-5-3-4-13(8-14)10-19/h3-9,12,20H,11H2,1-2H3/t12-/m1/s1. The van der Waals surface area contributed by atoms with Crippen molar-refractivity contribution in [1.29, 1.82) is 5.26 Å². The third-order valence-electron chi connectivity index (χ3n) is 3.33. The second-order valence-corrected chi connectivity index (χ2v) is 4.80. The van der Waals surface area contributed by atoms with Gasteiger partial charge in [0.1, 0.15) is 11.6 Å². The molecule has 0 amide bonds. The van der Waals surface area contributed by atoms with Gasteiger partial charge in [-0.2, -0.15) is 5.26 Å². The summed E-state index contributed by atoms with van der Waals surface area (Å²) in [5, 5.41) is 12.2. The number of rotatable bonds is 5. The molecule has 3 nitrogen and oxygen atoms in total. The summed E-state index contributed by atoms with van der Waals surface area (Å²) in [5.74, 6) is 0.369. The van der Waals surface area contributed by atoms with Gasteiger partial charge in [-0.1, -0.05) is 12.1 Å². The Bertz CT molecular complexity index is 664. The Morgan fingerprint density at radius 1 is 1.29 bits per heavy atom. The van der Waals surface area contributed by atoms with E-state index in [1.165, 1.54) is 12.1 Å². The van der Waals surface area contributed by atoms with Gasteiger partial charge in [-0.3, -0.25) is 0 Å². The zero-order chi connectivity index (χ0) is 15.2. The van der Waals surface area contributed by atoms with Crippen LogP contribution in [-0.4, -0.2) is 7.11 Å². The molecule has 0 bridgehead atoms. The van der Waals surface area contributed by atoms with Gasteiger partial charge < -0.3 is 10.1 Å². The average Bonchev–Trinajstić information content (AvgIpc) is 2.52. The predicted octanol–water partition coefficient (Wildman–Crippen LogP) is 3.56. The lowest BCUT2D eigenvalue weighted by Crippen LogP contribution is -2.19. The van der Waals surface area contributed by atoms with Crippen molar-refractivity contribution in [2.45, 2.75) is 19.5 Å². The zero-order valence-corrected chi connectivity index (χ0v) is 12.1. The summed E-state index contributed by atoms with van der Waals surface area (Å²) in [5.41, 5.74) is 2.41. The number of methoxy groups -OCH3 is 1. The summed E-state index contributed by atoms with van der Waals surface area (Å²) in [6, 6.07) is 13.9. The summed E-state index contributed by atoms with van der Waals surface area (Å²) in [6.45, 7) is 2.54. The van der Waals surface area contributed by atoms with Crippen molar-refractivity contribution in [3.8, 4) is 11.8 Å². The van der Waals surface area contributed by atoms with Crippen molar-refractivity contribution in [2.24, 2.45) is 0 Å². The predicted molar refractivity (Wildman–Crippen MR) is 79.4 cm³/mol. The number of ether oxygens (including phenoxy) is 1. The monoisotopic (exact) mass is 284 g/mol. The first-order chi connectivity index (χ1) is 10.1. The minimum Gasteiger partial charge on any atom is -0.496 e. The molecule has 0 aliphatic heterocycles. The number of nitrogens with zero attached hydrogens (tertiary/aromatic N) is 1. The maximum atomic E-state index is 13.4. The van der Waals surface area contributed by atoms with E-state index in [4.69, 9.17) is 10.00 Å². The molecular weight excluding hydrogens is 267 g/mol. The van der Waals surface area contributed by atoms with Gasteiger partial charge in [-0.15, -0.1) is 0 Å². The molecule has 2 aromatic carbocycles. The molecule has 108 valence electrons. The molecule has 0 heterocycles. The molecule has 0 aliphatic carbocycles. The van der Waals surface area contributed by atoms with Crippen molar-refractivity contribution >= 4 is 0 Å². The molecule has 1 N–H and O–H groups in total. The van der Waals surface area contributed by atoms with Crippen molar-refractivity contribution in [3.05, 3.63) is 65.0 Å². The van der Waals surface area contributed by atoms with E-state index in [9.17, 15) is 4.39 Å². The molecule has 0 saturated heterocycles. The highest BCUT2D eigenvalue weighted by Crippen LogP contribution is 2.26. The lowest BCUT2D eigenvalue weighted by atomic mass is 10.1. The lowest BCUT2D eigenvalue weighted by molar-refractivity contribution is 0.399. The maximum absolute atomic E-state index is 13.4. The van der Waals surface area contributed by atoms with Crippen LogP contribution in [0.1, 0.15) is 29.7 Å². The molecule has 0 fully saturated rings. The molecule has 0 aliphatic rings. The molecule has 0 saturated carbocycles. The SMILES string of the molecule is COc1ccc(F)cc1[C@@H](C)NCc1cccc(C#N)c1. The molecule has 1 atom stereocenters. The first-order valence-corrected chi connectivity index (χ1v) is 6.70. The topological polar surface area (TPSA) is 45.0 Å². The average molecular weight is 284 g/mol. The summed E-state index contributed by atoms with van der Waals surface area (Å²) in [6.07, 6.45) is 0. The second-order valence-electron chi connectivity index (χ2n) is 4.80. The normalized spacial score (nSPS) is 11.7. The first-order valence-electron chi connectivity index (χ1n) is 6.70. The summed E-state index contributed by atoms with van der Waals surface area (Å²) >= 11 is 0. The van der Waals surface area contributed by atoms with Crippen LogP contribution in [0, 0.1) is 17.1 Å². The molecule has 4 heteroatoms. The number of nitrogens with one attached hydrogen (secondary N) is 1. The minimum absolute atomic E-state index is 0.0682. The Labute approximate surface area is 124 Å². The van der Waals surface area contributed by atoms with Crippen molar-refractivity contribution in [1.82, 2.24) is 5.32 Å². The van der Waals surface area contributed by atoms with Crippen LogP contribution in [0.2, 0.25) is 0 Å². The van der Waals surface area contributed by atoms with Crippen LogP contribution in [0.5, 0.6) is 5.75 Å². The quantitative estimate of drug-likeness (QED) is 0.913. The fraction of sp³-hybridized carbons (Fsp3) is 0.235. The van der Waals surface area contributed by atoms with Crippen LogP contribution >= 0.6 is 0 Å². The van der Waals surface area contributed by atoms with Gasteiger partial charge in [-0.05, 0) is 42.8 Å². The molecule has 2 aromatic rings. The first kappa shape index (κ1) is 15.0. The molecule has 0 radical (unpaired) electrons. The highest BCUT2D eigenvalue weighted by atomic mass is 19.1. The highest BCUT2D eigenvalue weighted by Gasteiger charge is 2.12. The van der Waals surface area contributed by atoms with Crippen LogP contribution in [0.4, 0.5) is 4.39 Å². The Morgan fingerprint density at radius 2 is 2.10 bits per heavy atom. The smallest absolute Gasteiger partial charge is 0.123 e. The van der Waals surface area contributed by atoms with Crippen molar-refractivity contribution in [3.63, 3.8) is 0 Å². The fourth-order valence-electron chi connectivity index (χ4n) is 2.18. The van der Waals surface area contributed by atoms with E-state index in [-0.39, 0.29) is 11.9 Å². The summed E-state index contributed by atoms with van der Waals surface area (Å²) in [4.78, 5) is 0. The van der Waals surface area contributed by atoms with Crippen LogP contribution in [0.3, 0.4) is 0 Å². The Balaban J connectivity index is 2.09. The van der Waals surface area contributed by atoms with Gasteiger partial charge in [0.2, 0.25) is 0 Å². The van der Waals surface area contributed by atoms with E-state index in [0.717, 1.165) is 11.1 Å². The molecular formula is C17H17FN2O. The van der Waals surface area contributed by atoms with Crippen LogP contribution in [0.15, 0.2) is 42.5 Å². The molecule has 0 unspecified atom stereocenters. The van der Waals surface area contributed by atoms with E-state index < -0.39 is 0 Å². The van der Waals surface area contributed by atoms with Crippen molar-refractivity contribution in [2.75, 3.05) is 7.11 Å². The van der Waals surface area contributed by atoms with E-state index in [1.54, 1.807) is 19.2 Å². The van der Waals surface area contributed by atoms with Crippen molar-refractivity contribution < 1.29 is 9.13 Å². The largest absolute Gasteiger partial charge is 0.496 e. The zero-order valence-electron chi connectivity index (χ0n) is 12.1. The third-order valence-corrected chi connectivity index (χ3v) is 3.33. The van der Waals surface area contributed by atoms with Gasteiger partial charge in [0.25, 0.3) is 0 Å². The minimum atomic E-state index is -0.286. The van der Waals surface area contributed by atoms with E-state index in [0.29, 0.717) is 17.9 Å². The van der Waals surface area contributed by atoms with E-state index in [1.807, 2.05) is 25.1 Å². The van der Waals surface area contributed by atoms with Gasteiger partial charge >= 0.3 is 0 Å². The number of hydrogen-bond donors (Lipinski definition) is 1. The molecule has 0 spiro atoms. The van der Waals surface area contributed by atoms with Crippen LogP contribution in [-0.2, 0) is 6.54 Å². The Hall–Kier alpha value is -2.38. The summed E-state index contributed by atoms with van der Waals surface area (Å²) < 4.78 is 18.6. The van der Waals surface area contributed by atoms with Crippen LogP contribution in [0.25, 0.3) is 0 Å². The van der Waals surface area contributed by atoms with Gasteiger partial charge in [0.05, 0.1) is 18.7 Å². The lowest BCUT2D eigenvalue weighted by Gasteiger charge is -2.17. The maximum Gasteiger partial charge on any atom is 0.123 e. The molecule has 2 rings (SSSR count). The summed E-state index contributed by atoms with van der Waals surface area (Å²) in [7, 11) is 1.57. The molecule has 21 heavy (non-hydrogen) atoms. The van der Waals surface area contributed by atoms with Gasteiger partial charge in [0.15, 0.2) is 0 Å². The van der Waals surface area contributed by atoms with Crippen LogP contribution < -0.4 is 10.1 Å².